The van der Waals surface area contributed by atoms with Crippen LogP contribution in [0.4, 0.5) is 5.69 Å². The number of hydrogen-bond donors (Lipinski definition) is 2. The number of nitrogens with one attached hydrogen (secondary N) is 1. The van der Waals surface area contributed by atoms with Crippen molar-refractivity contribution in [3.8, 4) is 0 Å². The molecule has 0 atom stereocenters. The molecular formula is C19H20N6O. The van der Waals surface area contributed by atoms with Crippen LogP contribution in [0, 0.1) is 0 Å². The van der Waals surface area contributed by atoms with Crippen molar-refractivity contribution in [1.29, 1.82) is 0 Å². The summed E-state index contributed by atoms with van der Waals surface area (Å²) >= 11 is 0. The van der Waals surface area contributed by atoms with E-state index in [4.69, 9.17) is 5.84 Å². The summed E-state index contributed by atoms with van der Waals surface area (Å²) in [5.41, 5.74) is 2.81. The highest BCUT2D eigenvalue weighted by Gasteiger charge is 2.09. The van der Waals surface area contributed by atoms with Crippen LogP contribution in [0.3, 0.4) is 0 Å². The van der Waals surface area contributed by atoms with E-state index in [2.05, 4.69) is 25.0 Å². The molecule has 0 spiro atoms. The van der Waals surface area contributed by atoms with E-state index in [1.54, 1.807) is 18.3 Å². The average molecular weight is 348 g/mol. The first-order valence-electron chi connectivity index (χ1n) is 8.11. The van der Waals surface area contributed by atoms with Crippen molar-refractivity contribution in [1.82, 2.24) is 14.9 Å². The molecule has 132 valence electrons. The molecule has 1 aromatic carbocycles. The number of pyridine rings is 2. The Balaban J connectivity index is 1.87. The Morgan fingerprint density at radius 1 is 1.27 bits per heavy atom. The Bertz CT molecular complexity index is 1020. The molecule has 7 heteroatoms. The van der Waals surface area contributed by atoms with Crippen LogP contribution in [0.1, 0.15) is 11.1 Å². The number of aliphatic imine (C=N–C) groups is 1. The summed E-state index contributed by atoms with van der Waals surface area (Å²) in [4.78, 5) is 25.6. The fourth-order valence-corrected chi connectivity index (χ4v) is 2.59. The van der Waals surface area contributed by atoms with Crippen LogP contribution in [0.15, 0.2) is 63.5 Å². The SMILES string of the molecule is CN(C)Cc1ccc(N=CC(=NN)c2cc3cccnc3[nH]c2=O)cc1. The number of rotatable bonds is 5. The molecule has 2 heterocycles. The Hall–Kier alpha value is -3.32. The highest BCUT2D eigenvalue weighted by Crippen LogP contribution is 2.14. The van der Waals surface area contributed by atoms with Crippen LogP contribution in [-0.4, -0.2) is 40.9 Å². The largest absolute Gasteiger partial charge is 0.323 e. The third-order valence-electron chi connectivity index (χ3n) is 3.80. The fourth-order valence-electron chi connectivity index (χ4n) is 2.59. The van der Waals surface area contributed by atoms with Crippen LogP contribution in [0.5, 0.6) is 0 Å². The lowest BCUT2D eigenvalue weighted by Crippen LogP contribution is -2.20. The van der Waals surface area contributed by atoms with Crippen LogP contribution >= 0.6 is 0 Å². The van der Waals surface area contributed by atoms with Gasteiger partial charge in [0.25, 0.3) is 5.56 Å². The Morgan fingerprint density at radius 3 is 2.73 bits per heavy atom. The summed E-state index contributed by atoms with van der Waals surface area (Å²) in [5.74, 6) is 5.48. The lowest BCUT2D eigenvalue weighted by Gasteiger charge is -2.09. The molecule has 3 N–H and O–H groups in total. The molecule has 0 radical (unpaired) electrons. The summed E-state index contributed by atoms with van der Waals surface area (Å²) < 4.78 is 0. The van der Waals surface area contributed by atoms with Crippen molar-refractivity contribution in [3.05, 3.63) is 70.1 Å². The Labute approximate surface area is 150 Å². The third-order valence-corrected chi connectivity index (χ3v) is 3.80. The normalized spacial score (nSPS) is 12.3. The minimum Gasteiger partial charge on any atom is -0.323 e. The number of nitrogens with two attached hydrogens (primary N) is 1. The van der Waals surface area contributed by atoms with Gasteiger partial charge in [0.15, 0.2) is 0 Å². The predicted molar refractivity (Wildman–Crippen MR) is 105 cm³/mol. The monoisotopic (exact) mass is 348 g/mol. The van der Waals surface area contributed by atoms with E-state index in [0.29, 0.717) is 16.9 Å². The standard InChI is InChI=1S/C19H20N6O/c1-25(2)12-13-5-7-15(8-6-13)22-11-17(24-20)16-10-14-4-3-9-21-18(14)23-19(16)26/h3-11H,12,20H2,1-2H3,(H,21,23,26). The van der Waals surface area contributed by atoms with E-state index in [-0.39, 0.29) is 5.56 Å². The van der Waals surface area contributed by atoms with Crippen molar-refractivity contribution >= 4 is 28.6 Å². The number of benzene rings is 1. The Morgan fingerprint density at radius 2 is 2.04 bits per heavy atom. The van der Waals surface area contributed by atoms with Gasteiger partial charge in [0, 0.05) is 18.1 Å². The number of nitrogens with zero attached hydrogens (tertiary/aromatic N) is 4. The highest BCUT2D eigenvalue weighted by atomic mass is 16.1. The van der Waals surface area contributed by atoms with Gasteiger partial charge in [-0.2, -0.15) is 5.10 Å². The summed E-state index contributed by atoms with van der Waals surface area (Å²) in [6.45, 7) is 0.861. The van der Waals surface area contributed by atoms with Crippen LogP contribution in [0.2, 0.25) is 0 Å². The predicted octanol–water partition coefficient (Wildman–Crippen LogP) is 2.05. The second kappa shape index (κ2) is 7.71. The number of hydrogen-bond acceptors (Lipinski definition) is 6. The molecule has 2 aromatic heterocycles. The minimum atomic E-state index is -0.312. The van der Waals surface area contributed by atoms with Gasteiger partial charge in [0.05, 0.1) is 17.5 Å². The molecule has 26 heavy (non-hydrogen) atoms. The average Bonchev–Trinajstić information content (AvgIpc) is 2.63. The first-order valence-corrected chi connectivity index (χ1v) is 8.11. The topological polar surface area (TPSA) is 99.7 Å². The van der Waals surface area contributed by atoms with Crippen molar-refractivity contribution in [2.24, 2.45) is 15.9 Å². The lowest BCUT2D eigenvalue weighted by molar-refractivity contribution is 0.402. The third kappa shape index (κ3) is 4.01. The van der Waals surface area contributed by atoms with E-state index in [1.165, 1.54) is 11.8 Å². The number of aromatic amines is 1. The maximum Gasteiger partial charge on any atom is 0.259 e. The van der Waals surface area contributed by atoms with E-state index >= 15 is 0 Å². The number of aromatic nitrogens is 2. The zero-order chi connectivity index (χ0) is 18.5. The summed E-state index contributed by atoms with van der Waals surface area (Å²) in [6, 6.07) is 13.2. The molecule has 0 aliphatic rings. The maximum absolute atomic E-state index is 12.3. The first kappa shape index (κ1) is 17.5. The van der Waals surface area contributed by atoms with Gasteiger partial charge in [-0.3, -0.25) is 9.79 Å². The van der Waals surface area contributed by atoms with Crippen LogP contribution in [0.25, 0.3) is 11.0 Å². The van der Waals surface area contributed by atoms with Gasteiger partial charge >= 0.3 is 0 Å². The fraction of sp³-hybridized carbons (Fsp3) is 0.158. The molecule has 3 rings (SSSR count). The Kier molecular flexibility index (Phi) is 5.19. The first-order chi connectivity index (χ1) is 12.6. The summed E-state index contributed by atoms with van der Waals surface area (Å²) in [5, 5.41) is 4.51. The van der Waals surface area contributed by atoms with Gasteiger partial charge < -0.3 is 15.7 Å². The number of H-pyrrole nitrogens is 1. The van der Waals surface area contributed by atoms with Gasteiger partial charge in [-0.25, -0.2) is 4.98 Å². The molecule has 0 aliphatic heterocycles. The molecule has 7 nitrogen and oxygen atoms in total. The summed E-state index contributed by atoms with van der Waals surface area (Å²) in [7, 11) is 4.04. The zero-order valence-corrected chi connectivity index (χ0v) is 14.7. The van der Waals surface area contributed by atoms with Crippen molar-refractivity contribution in [2.45, 2.75) is 6.54 Å². The molecule has 3 aromatic rings. The van der Waals surface area contributed by atoms with Crippen LogP contribution < -0.4 is 11.4 Å². The molecular weight excluding hydrogens is 328 g/mol. The van der Waals surface area contributed by atoms with E-state index < -0.39 is 0 Å². The zero-order valence-electron chi connectivity index (χ0n) is 14.7. The molecule has 0 fully saturated rings. The molecule has 0 saturated carbocycles. The molecule has 0 amide bonds. The molecule has 0 aliphatic carbocycles. The van der Waals surface area contributed by atoms with E-state index in [0.717, 1.165) is 17.6 Å². The molecule has 0 saturated heterocycles. The quantitative estimate of drug-likeness (QED) is 0.419. The van der Waals surface area contributed by atoms with Crippen molar-refractivity contribution in [2.75, 3.05) is 14.1 Å². The second-order valence-electron chi connectivity index (χ2n) is 6.13. The smallest absolute Gasteiger partial charge is 0.259 e. The van der Waals surface area contributed by atoms with Gasteiger partial charge in [-0.15, -0.1) is 0 Å². The van der Waals surface area contributed by atoms with E-state index in [9.17, 15) is 4.79 Å². The van der Waals surface area contributed by atoms with Gasteiger partial charge in [-0.05, 0) is 50.0 Å². The lowest BCUT2D eigenvalue weighted by atomic mass is 10.1. The minimum absolute atomic E-state index is 0.300. The van der Waals surface area contributed by atoms with Gasteiger partial charge in [0.2, 0.25) is 0 Å². The second-order valence-corrected chi connectivity index (χ2v) is 6.13. The van der Waals surface area contributed by atoms with Crippen LogP contribution in [-0.2, 0) is 6.54 Å². The number of hydrazone groups is 1. The molecule has 0 unspecified atom stereocenters. The van der Waals surface area contributed by atoms with Crippen molar-refractivity contribution in [3.63, 3.8) is 0 Å². The van der Waals surface area contributed by atoms with Gasteiger partial charge in [-0.1, -0.05) is 12.1 Å². The molecule has 0 bridgehead atoms. The summed E-state index contributed by atoms with van der Waals surface area (Å²) in [6.07, 6.45) is 3.12. The number of fused-ring (bicyclic) bond motifs is 1. The highest BCUT2D eigenvalue weighted by molar-refractivity contribution is 6.38. The van der Waals surface area contributed by atoms with Crippen molar-refractivity contribution < 1.29 is 0 Å². The van der Waals surface area contributed by atoms with Gasteiger partial charge in [0.1, 0.15) is 11.4 Å². The maximum atomic E-state index is 12.3. The van der Waals surface area contributed by atoms with E-state index in [1.807, 2.05) is 44.4 Å².